The average Bonchev–Trinajstić information content (AvgIpc) is 2.67. The fraction of sp³-hybridized carbons (Fsp3) is 0.190. The van der Waals surface area contributed by atoms with Crippen LogP contribution in [0.5, 0.6) is 5.75 Å². The van der Waals surface area contributed by atoms with E-state index in [1.165, 1.54) is 12.8 Å². The smallest absolute Gasteiger partial charge is 0.337 e. The maximum absolute atomic E-state index is 11.6. The molecule has 0 aliphatic carbocycles. The van der Waals surface area contributed by atoms with Crippen molar-refractivity contribution in [1.29, 1.82) is 0 Å². The summed E-state index contributed by atoms with van der Waals surface area (Å²) in [6.07, 6.45) is 0. The van der Waals surface area contributed by atoms with Gasteiger partial charge in [0, 0.05) is 12.7 Å². The second kappa shape index (κ2) is 7.71. The SMILES string of the molecule is COC(=O)c1ccc2cc(OCCN(C)c3ccccc3)ccc2c1. The van der Waals surface area contributed by atoms with Crippen LogP contribution in [0.3, 0.4) is 0 Å². The summed E-state index contributed by atoms with van der Waals surface area (Å²) in [5.74, 6) is 0.492. The summed E-state index contributed by atoms with van der Waals surface area (Å²) in [7, 11) is 3.43. The first kappa shape index (κ1) is 16.8. The Labute approximate surface area is 147 Å². The lowest BCUT2D eigenvalue weighted by molar-refractivity contribution is 0.0601. The first-order valence-corrected chi connectivity index (χ1v) is 8.18. The predicted molar refractivity (Wildman–Crippen MR) is 100 cm³/mol. The lowest BCUT2D eigenvalue weighted by Crippen LogP contribution is -2.23. The van der Waals surface area contributed by atoms with E-state index in [2.05, 4.69) is 17.0 Å². The third-order valence-corrected chi connectivity index (χ3v) is 4.13. The molecule has 0 fully saturated rings. The predicted octanol–water partition coefficient (Wildman–Crippen LogP) is 4.14. The molecule has 0 aliphatic rings. The Kier molecular flexibility index (Phi) is 5.19. The molecule has 3 aromatic carbocycles. The maximum atomic E-state index is 11.6. The minimum Gasteiger partial charge on any atom is -0.492 e. The molecule has 0 bridgehead atoms. The third kappa shape index (κ3) is 4.10. The molecule has 0 spiro atoms. The number of esters is 1. The van der Waals surface area contributed by atoms with Gasteiger partial charge in [0.05, 0.1) is 19.2 Å². The number of rotatable bonds is 6. The number of likely N-dealkylation sites (N-methyl/N-ethyl adjacent to an activating group) is 1. The summed E-state index contributed by atoms with van der Waals surface area (Å²) in [5.41, 5.74) is 1.72. The molecule has 0 heterocycles. The van der Waals surface area contributed by atoms with Gasteiger partial charge in [0.1, 0.15) is 12.4 Å². The molecule has 0 saturated heterocycles. The van der Waals surface area contributed by atoms with E-state index in [9.17, 15) is 4.79 Å². The van der Waals surface area contributed by atoms with Crippen LogP contribution in [0.1, 0.15) is 10.4 Å². The van der Waals surface area contributed by atoms with Crippen LogP contribution in [-0.4, -0.2) is 33.3 Å². The van der Waals surface area contributed by atoms with Gasteiger partial charge in [-0.15, -0.1) is 0 Å². The fourth-order valence-electron chi connectivity index (χ4n) is 2.67. The van der Waals surface area contributed by atoms with Gasteiger partial charge >= 0.3 is 5.97 Å². The van der Waals surface area contributed by atoms with Crippen molar-refractivity contribution in [2.24, 2.45) is 0 Å². The van der Waals surface area contributed by atoms with Gasteiger partial charge in [0.2, 0.25) is 0 Å². The Balaban J connectivity index is 1.63. The van der Waals surface area contributed by atoms with Gasteiger partial charge in [-0.25, -0.2) is 4.79 Å². The molecule has 0 unspecified atom stereocenters. The molecular formula is C21H21NO3. The zero-order valence-corrected chi connectivity index (χ0v) is 14.4. The van der Waals surface area contributed by atoms with Crippen LogP contribution in [0.25, 0.3) is 10.8 Å². The van der Waals surface area contributed by atoms with Crippen LogP contribution in [0.2, 0.25) is 0 Å². The molecule has 0 radical (unpaired) electrons. The van der Waals surface area contributed by atoms with Gasteiger partial charge < -0.3 is 14.4 Å². The van der Waals surface area contributed by atoms with Crippen molar-refractivity contribution in [1.82, 2.24) is 0 Å². The molecule has 3 aromatic rings. The van der Waals surface area contributed by atoms with E-state index in [1.54, 1.807) is 6.07 Å². The van der Waals surface area contributed by atoms with Gasteiger partial charge in [-0.1, -0.05) is 30.3 Å². The van der Waals surface area contributed by atoms with Crippen LogP contribution in [0.15, 0.2) is 66.7 Å². The highest BCUT2D eigenvalue weighted by molar-refractivity contribution is 5.95. The van der Waals surface area contributed by atoms with Crippen molar-refractivity contribution in [2.75, 3.05) is 32.2 Å². The number of anilines is 1. The molecule has 0 N–H and O–H groups in total. The van der Waals surface area contributed by atoms with Gasteiger partial charge in [0.15, 0.2) is 0 Å². The van der Waals surface area contributed by atoms with Crippen molar-refractivity contribution in [2.45, 2.75) is 0 Å². The lowest BCUT2D eigenvalue weighted by atomic mass is 10.1. The second-order valence-electron chi connectivity index (χ2n) is 5.82. The Morgan fingerprint density at radius 3 is 2.44 bits per heavy atom. The molecule has 0 amide bonds. The van der Waals surface area contributed by atoms with E-state index in [4.69, 9.17) is 9.47 Å². The van der Waals surface area contributed by atoms with Gasteiger partial charge in [-0.3, -0.25) is 0 Å². The molecule has 0 atom stereocenters. The second-order valence-corrected chi connectivity index (χ2v) is 5.82. The molecule has 4 nitrogen and oxygen atoms in total. The van der Waals surface area contributed by atoms with E-state index in [1.807, 2.05) is 55.6 Å². The minimum atomic E-state index is -0.328. The van der Waals surface area contributed by atoms with Crippen LogP contribution >= 0.6 is 0 Å². The zero-order valence-electron chi connectivity index (χ0n) is 14.4. The van der Waals surface area contributed by atoms with Crippen molar-refractivity contribution in [3.8, 4) is 5.75 Å². The highest BCUT2D eigenvalue weighted by Crippen LogP contribution is 2.22. The number of hydrogen-bond acceptors (Lipinski definition) is 4. The van der Waals surface area contributed by atoms with E-state index in [0.29, 0.717) is 12.2 Å². The highest BCUT2D eigenvalue weighted by atomic mass is 16.5. The topological polar surface area (TPSA) is 38.8 Å². The van der Waals surface area contributed by atoms with E-state index in [-0.39, 0.29) is 5.97 Å². The summed E-state index contributed by atoms with van der Waals surface area (Å²) in [4.78, 5) is 13.8. The van der Waals surface area contributed by atoms with Crippen molar-refractivity contribution in [3.63, 3.8) is 0 Å². The van der Waals surface area contributed by atoms with E-state index >= 15 is 0 Å². The van der Waals surface area contributed by atoms with E-state index in [0.717, 1.165) is 23.1 Å². The van der Waals surface area contributed by atoms with E-state index < -0.39 is 0 Å². The number of hydrogen-bond donors (Lipinski definition) is 0. The number of carbonyl (C=O) groups is 1. The van der Waals surface area contributed by atoms with Crippen LogP contribution in [0.4, 0.5) is 5.69 Å². The maximum Gasteiger partial charge on any atom is 0.337 e. The lowest BCUT2D eigenvalue weighted by Gasteiger charge is -2.19. The molecule has 25 heavy (non-hydrogen) atoms. The number of methoxy groups -OCH3 is 1. The Morgan fingerprint density at radius 1 is 0.960 bits per heavy atom. The fourth-order valence-corrected chi connectivity index (χ4v) is 2.67. The minimum absolute atomic E-state index is 0.328. The number of nitrogens with zero attached hydrogens (tertiary/aromatic N) is 1. The number of benzene rings is 3. The molecule has 0 saturated carbocycles. The van der Waals surface area contributed by atoms with Crippen molar-refractivity contribution < 1.29 is 14.3 Å². The van der Waals surface area contributed by atoms with Gasteiger partial charge in [-0.05, 0) is 47.2 Å². The highest BCUT2D eigenvalue weighted by Gasteiger charge is 2.07. The van der Waals surface area contributed by atoms with Crippen LogP contribution < -0.4 is 9.64 Å². The number of para-hydroxylation sites is 1. The summed E-state index contributed by atoms with van der Waals surface area (Å²) in [5, 5.41) is 2.01. The molecule has 3 rings (SSSR count). The molecular weight excluding hydrogens is 314 g/mol. The third-order valence-electron chi connectivity index (χ3n) is 4.13. The summed E-state index contributed by atoms with van der Waals surface area (Å²) in [6, 6.07) is 21.6. The summed E-state index contributed by atoms with van der Waals surface area (Å²) in [6.45, 7) is 1.39. The number of ether oxygens (including phenoxy) is 2. The Hall–Kier alpha value is -3.01. The molecule has 4 heteroatoms. The van der Waals surface area contributed by atoms with Crippen LogP contribution in [-0.2, 0) is 4.74 Å². The average molecular weight is 335 g/mol. The first-order valence-electron chi connectivity index (χ1n) is 8.18. The van der Waals surface area contributed by atoms with Crippen molar-refractivity contribution >= 4 is 22.4 Å². The standard InChI is InChI=1S/C21H21NO3/c1-22(19-6-4-3-5-7-19)12-13-25-20-11-10-16-14-18(21(23)24-2)9-8-17(16)15-20/h3-11,14-15H,12-13H2,1-2H3. The Bertz CT molecular complexity index is 861. The van der Waals surface area contributed by atoms with Crippen molar-refractivity contribution in [3.05, 3.63) is 72.3 Å². The summed E-state index contributed by atoms with van der Waals surface area (Å²) >= 11 is 0. The largest absolute Gasteiger partial charge is 0.492 e. The number of carbonyl (C=O) groups excluding carboxylic acids is 1. The first-order chi connectivity index (χ1) is 12.2. The van der Waals surface area contributed by atoms with Gasteiger partial charge in [0.25, 0.3) is 0 Å². The summed E-state index contributed by atoms with van der Waals surface area (Å²) < 4.78 is 10.6. The molecule has 0 aromatic heterocycles. The van der Waals surface area contributed by atoms with Crippen LogP contribution in [0, 0.1) is 0 Å². The normalized spacial score (nSPS) is 10.5. The molecule has 128 valence electrons. The molecule has 0 aliphatic heterocycles. The van der Waals surface area contributed by atoms with Gasteiger partial charge in [-0.2, -0.15) is 0 Å². The zero-order chi connectivity index (χ0) is 17.6. The Morgan fingerprint density at radius 2 is 1.68 bits per heavy atom. The number of fused-ring (bicyclic) bond motifs is 1. The quantitative estimate of drug-likeness (QED) is 0.635. The monoisotopic (exact) mass is 335 g/mol.